The van der Waals surface area contributed by atoms with Crippen molar-refractivity contribution >= 4 is 25.8 Å². The van der Waals surface area contributed by atoms with Gasteiger partial charge >= 0.3 is 0 Å². The van der Waals surface area contributed by atoms with Crippen LogP contribution in [-0.4, -0.2) is 35.0 Å². The first-order valence-corrected chi connectivity index (χ1v) is 9.66. The SMILES string of the molecule is CC(C)n1ccc(CC(CBr)C2CCS(=O)(=O)C2)n1. The molecule has 0 N–H and O–H groups in total. The summed E-state index contributed by atoms with van der Waals surface area (Å²) >= 11 is 3.53. The zero-order chi connectivity index (χ0) is 14.0. The zero-order valence-electron chi connectivity index (χ0n) is 11.4. The molecule has 1 fully saturated rings. The Bertz CT molecular complexity index is 525. The first-order chi connectivity index (χ1) is 8.91. The van der Waals surface area contributed by atoms with Gasteiger partial charge in [0.2, 0.25) is 0 Å². The topological polar surface area (TPSA) is 52.0 Å². The average molecular weight is 349 g/mol. The Hall–Kier alpha value is -0.360. The highest BCUT2D eigenvalue weighted by Gasteiger charge is 2.33. The van der Waals surface area contributed by atoms with Crippen molar-refractivity contribution in [2.24, 2.45) is 11.8 Å². The standard InChI is InChI=1S/C13H21BrN2O2S/c1-10(2)16-5-3-13(15-16)7-12(8-14)11-4-6-19(17,18)9-11/h3,5,10-12H,4,6-9H2,1-2H3. The quantitative estimate of drug-likeness (QED) is 0.768. The van der Waals surface area contributed by atoms with Crippen molar-refractivity contribution in [2.45, 2.75) is 32.7 Å². The highest BCUT2D eigenvalue weighted by atomic mass is 79.9. The highest BCUT2D eigenvalue weighted by Crippen LogP contribution is 2.29. The van der Waals surface area contributed by atoms with Gasteiger partial charge in [0.1, 0.15) is 0 Å². The van der Waals surface area contributed by atoms with E-state index in [2.05, 4.69) is 34.9 Å². The van der Waals surface area contributed by atoms with Gasteiger partial charge in [-0.05, 0) is 44.6 Å². The molecule has 0 spiro atoms. The number of rotatable bonds is 5. The second-order valence-corrected chi connectivity index (χ2v) is 8.54. The molecule has 1 saturated heterocycles. The molecule has 2 heterocycles. The van der Waals surface area contributed by atoms with Gasteiger partial charge in [-0.1, -0.05) is 15.9 Å². The van der Waals surface area contributed by atoms with Crippen LogP contribution >= 0.6 is 15.9 Å². The van der Waals surface area contributed by atoms with E-state index in [4.69, 9.17) is 0 Å². The Morgan fingerprint density at radius 2 is 2.26 bits per heavy atom. The summed E-state index contributed by atoms with van der Waals surface area (Å²) in [5, 5.41) is 5.39. The van der Waals surface area contributed by atoms with E-state index in [0.29, 0.717) is 23.5 Å². The van der Waals surface area contributed by atoms with Crippen molar-refractivity contribution < 1.29 is 8.42 Å². The molecule has 1 aromatic rings. The summed E-state index contributed by atoms with van der Waals surface area (Å²) in [6.07, 6.45) is 3.64. The first kappa shape index (κ1) is 15.0. The van der Waals surface area contributed by atoms with Gasteiger partial charge in [-0.3, -0.25) is 4.68 Å². The maximum Gasteiger partial charge on any atom is 0.150 e. The minimum absolute atomic E-state index is 0.272. The van der Waals surface area contributed by atoms with Gasteiger partial charge in [-0.15, -0.1) is 0 Å². The van der Waals surface area contributed by atoms with Crippen LogP contribution in [0.5, 0.6) is 0 Å². The molecular formula is C13H21BrN2O2S. The summed E-state index contributed by atoms with van der Waals surface area (Å²) < 4.78 is 25.1. The van der Waals surface area contributed by atoms with Gasteiger partial charge in [-0.25, -0.2) is 8.42 Å². The van der Waals surface area contributed by atoms with Gasteiger partial charge in [0, 0.05) is 17.6 Å². The molecule has 0 aliphatic carbocycles. The number of hydrogen-bond acceptors (Lipinski definition) is 3. The van der Waals surface area contributed by atoms with Crippen LogP contribution in [0.3, 0.4) is 0 Å². The molecule has 108 valence electrons. The number of alkyl halides is 1. The molecule has 1 aliphatic heterocycles. The lowest BCUT2D eigenvalue weighted by Crippen LogP contribution is -2.20. The summed E-state index contributed by atoms with van der Waals surface area (Å²) in [6, 6.07) is 2.40. The predicted molar refractivity (Wildman–Crippen MR) is 80.4 cm³/mol. The third-order valence-corrected chi connectivity index (χ3v) is 6.42. The molecule has 2 atom stereocenters. The van der Waals surface area contributed by atoms with Crippen molar-refractivity contribution in [3.05, 3.63) is 18.0 Å². The predicted octanol–water partition coefficient (Wildman–Crippen LogP) is 2.45. The second kappa shape index (κ2) is 5.95. The second-order valence-electron chi connectivity index (χ2n) is 5.66. The maximum atomic E-state index is 11.6. The number of halogens is 1. The summed E-state index contributed by atoms with van der Waals surface area (Å²) in [4.78, 5) is 0. The molecule has 0 saturated carbocycles. The first-order valence-electron chi connectivity index (χ1n) is 6.71. The fourth-order valence-corrected chi connectivity index (χ4v) is 5.26. The summed E-state index contributed by atoms with van der Waals surface area (Å²) in [7, 11) is -2.80. The van der Waals surface area contributed by atoms with Gasteiger partial charge in [0.05, 0.1) is 17.2 Å². The van der Waals surface area contributed by atoms with Crippen LogP contribution in [0.25, 0.3) is 0 Å². The molecule has 4 nitrogen and oxygen atoms in total. The molecule has 2 rings (SSSR count). The van der Waals surface area contributed by atoms with Crippen molar-refractivity contribution in [2.75, 3.05) is 16.8 Å². The molecule has 19 heavy (non-hydrogen) atoms. The third-order valence-electron chi connectivity index (χ3n) is 3.80. The lowest BCUT2D eigenvalue weighted by molar-refractivity contribution is 0.395. The van der Waals surface area contributed by atoms with Gasteiger partial charge < -0.3 is 0 Å². The fraction of sp³-hybridized carbons (Fsp3) is 0.769. The van der Waals surface area contributed by atoms with Crippen LogP contribution in [0.4, 0.5) is 0 Å². The molecule has 2 unspecified atom stereocenters. The van der Waals surface area contributed by atoms with Crippen molar-refractivity contribution in [3.63, 3.8) is 0 Å². The van der Waals surface area contributed by atoms with Crippen LogP contribution in [0.2, 0.25) is 0 Å². The van der Waals surface area contributed by atoms with Crippen LogP contribution < -0.4 is 0 Å². The van der Waals surface area contributed by atoms with Crippen molar-refractivity contribution in [3.8, 4) is 0 Å². The minimum Gasteiger partial charge on any atom is -0.270 e. The van der Waals surface area contributed by atoms with E-state index in [1.54, 1.807) is 0 Å². The Morgan fingerprint density at radius 1 is 1.53 bits per heavy atom. The number of sulfone groups is 1. The molecule has 1 aliphatic rings. The highest BCUT2D eigenvalue weighted by molar-refractivity contribution is 9.09. The van der Waals surface area contributed by atoms with E-state index < -0.39 is 9.84 Å². The molecule has 0 radical (unpaired) electrons. The van der Waals surface area contributed by atoms with Crippen LogP contribution in [0.1, 0.15) is 32.0 Å². The number of aromatic nitrogens is 2. The van der Waals surface area contributed by atoms with E-state index in [0.717, 1.165) is 23.9 Å². The Balaban J connectivity index is 2.02. The molecule has 6 heteroatoms. The Kier molecular flexibility index (Phi) is 4.71. The van der Waals surface area contributed by atoms with Crippen LogP contribution in [0, 0.1) is 11.8 Å². The molecule has 1 aromatic heterocycles. The molecule has 0 bridgehead atoms. The van der Waals surface area contributed by atoms with Gasteiger partial charge in [0.15, 0.2) is 9.84 Å². The maximum absolute atomic E-state index is 11.6. The number of hydrogen-bond donors (Lipinski definition) is 0. The van der Waals surface area contributed by atoms with E-state index in [9.17, 15) is 8.42 Å². The number of nitrogens with zero attached hydrogens (tertiary/aromatic N) is 2. The molecular weight excluding hydrogens is 328 g/mol. The van der Waals surface area contributed by atoms with Gasteiger partial charge in [-0.2, -0.15) is 5.10 Å². The van der Waals surface area contributed by atoms with E-state index in [-0.39, 0.29) is 5.92 Å². The van der Waals surface area contributed by atoms with E-state index in [1.807, 2.05) is 16.9 Å². The largest absolute Gasteiger partial charge is 0.270 e. The van der Waals surface area contributed by atoms with Gasteiger partial charge in [0.25, 0.3) is 0 Å². The van der Waals surface area contributed by atoms with E-state index >= 15 is 0 Å². The van der Waals surface area contributed by atoms with Crippen molar-refractivity contribution in [1.82, 2.24) is 9.78 Å². The minimum atomic E-state index is -2.80. The lowest BCUT2D eigenvalue weighted by atomic mass is 9.90. The molecule has 0 aromatic carbocycles. The van der Waals surface area contributed by atoms with Crippen molar-refractivity contribution in [1.29, 1.82) is 0 Å². The lowest BCUT2D eigenvalue weighted by Gasteiger charge is -2.19. The Morgan fingerprint density at radius 3 is 2.74 bits per heavy atom. The zero-order valence-corrected chi connectivity index (χ0v) is 13.8. The summed E-state index contributed by atoms with van der Waals surface area (Å²) in [5.41, 5.74) is 1.06. The van der Waals surface area contributed by atoms with E-state index in [1.165, 1.54) is 0 Å². The van der Waals surface area contributed by atoms with Crippen LogP contribution in [0.15, 0.2) is 12.3 Å². The van der Waals surface area contributed by atoms with Crippen LogP contribution in [-0.2, 0) is 16.3 Å². The fourth-order valence-electron chi connectivity index (χ4n) is 2.59. The average Bonchev–Trinajstić information content (AvgIpc) is 2.92. The third kappa shape index (κ3) is 3.81. The normalized spacial score (nSPS) is 23.9. The monoisotopic (exact) mass is 348 g/mol. The summed E-state index contributed by atoms with van der Waals surface area (Å²) in [5.74, 6) is 1.32. The smallest absolute Gasteiger partial charge is 0.150 e. The Labute approximate surface area is 123 Å². The molecule has 0 amide bonds. The summed E-state index contributed by atoms with van der Waals surface area (Å²) in [6.45, 7) is 4.20.